The summed E-state index contributed by atoms with van der Waals surface area (Å²) in [6, 6.07) is 9.15. The summed E-state index contributed by atoms with van der Waals surface area (Å²) in [4.78, 5) is 28.2. The summed E-state index contributed by atoms with van der Waals surface area (Å²) >= 11 is 7.43. The lowest BCUT2D eigenvalue weighted by Gasteiger charge is -2.30. The molecule has 0 saturated heterocycles. The first-order valence-corrected chi connectivity index (χ1v) is 9.02. The zero-order chi connectivity index (χ0) is 19.3. The average molecular weight is 393 g/mol. The van der Waals surface area contributed by atoms with Crippen molar-refractivity contribution in [3.63, 3.8) is 0 Å². The van der Waals surface area contributed by atoms with E-state index >= 15 is 0 Å². The topological polar surface area (TPSA) is 88.8 Å². The molecular formula is C18H17ClN2O4S. The first-order valence-electron chi connectivity index (χ1n) is 7.65. The van der Waals surface area contributed by atoms with E-state index in [1.54, 1.807) is 31.2 Å². The zero-order valence-corrected chi connectivity index (χ0v) is 16.1. The minimum Gasteiger partial charge on any atom is -0.468 e. The second kappa shape index (κ2) is 8.88. The number of allylic oxidation sites excluding steroid dienone is 1. The van der Waals surface area contributed by atoms with Gasteiger partial charge in [-0.1, -0.05) is 41.6 Å². The van der Waals surface area contributed by atoms with Crippen molar-refractivity contribution >= 4 is 41.0 Å². The normalized spacial score (nSPS) is 19.4. The van der Waals surface area contributed by atoms with Crippen molar-refractivity contribution in [2.75, 3.05) is 20.0 Å². The smallest absolute Gasteiger partial charge is 0.316 e. The number of hydrogen-bond donors (Lipinski definition) is 0. The molecule has 26 heavy (non-hydrogen) atoms. The van der Waals surface area contributed by atoms with Gasteiger partial charge < -0.3 is 9.47 Å². The van der Waals surface area contributed by atoms with E-state index in [1.807, 2.05) is 0 Å². The fraction of sp³-hybridized carbons (Fsp3) is 0.333. The maximum Gasteiger partial charge on any atom is 0.316 e. The van der Waals surface area contributed by atoms with Gasteiger partial charge in [0.1, 0.15) is 10.9 Å². The van der Waals surface area contributed by atoms with Gasteiger partial charge in [-0.25, -0.2) is 4.99 Å². The molecule has 2 rings (SSSR count). The molecule has 8 heteroatoms. The maximum atomic E-state index is 12.4. The third-order valence-electron chi connectivity index (χ3n) is 3.97. The SMILES string of the molecule is COC(=O)CSC1=C(C#N)[C@@H](c2ccccc2Cl)C(C(=O)OC)C(C)=N1. The third kappa shape index (κ3) is 4.09. The van der Waals surface area contributed by atoms with Crippen LogP contribution in [0.2, 0.25) is 5.02 Å². The highest BCUT2D eigenvalue weighted by molar-refractivity contribution is 8.03. The molecule has 0 bridgehead atoms. The molecule has 0 saturated carbocycles. The third-order valence-corrected chi connectivity index (χ3v) is 5.28. The summed E-state index contributed by atoms with van der Waals surface area (Å²) in [5.74, 6) is -2.33. The largest absolute Gasteiger partial charge is 0.468 e. The molecular weight excluding hydrogens is 376 g/mol. The van der Waals surface area contributed by atoms with Crippen molar-refractivity contribution < 1.29 is 19.1 Å². The molecule has 2 atom stereocenters. The van der Waals surface area contributed by atoms with Gasteiger partial charge in [0.05, 0.1) is 31.6 Å². The Kier molecular flexibility index (Phi) is 6.83. The standard InChI is InChI=1S/C18H17ClN2O4S/c1-10-15(18(23)25-3)16(11-6-4-5-7-13(11)19)12(8-20)17(21-10)26-9-14(22)24-2/h4-7,15-16H,9H2,1-3H3/t15?,16-/m1/s1. The Morgan fingerprint density at radius 3 is 2.58 bits per heavy atom. The van der Waals surface area contributed by atoms with Crippen LogP contribution < -0.4 is 0 Å². The number of nitriles is 1. The first kappa shape index (κ1) is 20.0. The molecule has 1 unspecified atom stereocenters. The van der Waals surface area contributed by atoms with Crippen molar-refractivity contribution in [3.05, 3.63) is 45.5 Å². The first-order chi connectivity index (χ1) is 12.4. The highest BCUT2D eigenvalue weighted by Gasteiger charge is 2.41. The number of rotatable bonds is 5. The fourth-order valence-electron chi connectivity index (χ4n) is 2.74. The Morgan fingerprint density at radius 2 is 2.00 bits per heavy atom. The summed E-state index contributed by atoms with van der Waals surface area (Å²) in [5.41, 5.74) is 1.40. The molecule has 0 spiro atoms. The molecule has 6 nitrogen and oxygen atoms in total. The second-order valence-corrected chi connectivity index (χ2v) is 6.82. The zero-order valence-electron chi connectivity index (χ0n) is 14.5. The number of carbonyl (C=O) groups excluding carboxylic acids is 2. The van der Waals surface area contributed by atoms with Gasteiger partial charge >= 0.3 is 11.9 Å². The maximum absolute atomic E-state index is 12.4. The van der Waals surface area contributed by atoms with Crippen LogP contribution in [0, 0.1) is 17.2 Å². The van der Waals surface area contributed by atoms with Gasteiger partial charge in [-0.3, -0.25) is 9.59 Å². The summed E-state index contributed by atoms with van der Waals surface area (Å²) in [6.07, 6.45) is 0. The van der Waals surface area contributed by atoms with Crippen molar-refractivity contribution in [2.24, 2.45) is 10.9 Å². The highest BCUT2D eigenvalue weighted by Crippen LogP contribution is 2.44. The van der Waals surface area contributed by atoms with Gasteiger partial charge in [-0.05, 0) is 18.6 Å². The molecule has 0 aliphatic carbocycles. The summed E-state index contributed by atoms with van der Waals surface area (Å²) < 4.78 is 9.55. The van der Waals surface area contributed by atoms with E-state index in [0.29, 0.717) is 21.3 Å². The highest BCUT2D eigenvalue weighted by atomic mass is 35.5. The van der Waals surface area contributed by atoms with Crippen LogP contribution in [-0.4, -0.2) is 37.6 Å². The van der Waals surface area contributed by atoms with Gasteiger partial charge in [-0.15, -0.1) is 0 Å². The number of nitrogens with zero attached hydrogens (tertiary/aromatic N) is 2. The summed E-state index contributed by atoms with van der Waals surface area (Å²) in [6.45, 7) is 1.69. The fourth-order valence-corrected chi connectivity index (χ4v) is 3.90. The lowest BCUT2D eigenvalue weighted by molar-refractivity contribution is -0.143. The number of ether oxygens (including phenoxy) is 2. The van der Waals surface area contributed by atoms with E-state index in [9.17, 15) is 14.9 Å². The van der Waals surface area contributed by atoms with Crippen LogP contribution in [0.3, 0.4) is 0 Å². The molecule has 1 aromatic rings. The Hall–Kier alpha value is -2.30. The van der Waals surface area contributed by atoms with Gasteiger partial charge in [0, 0.05) is 16.7 Å². The molecule has 0 aromatic heterocycles. The quantitative estimate of drug-likeness (QED) is 0.714. The summed E-state index contributed by atoms with van der Waals surface area (Å²) in [7, 11) is 2.58. The van der Waals surface area contributed by atoms with Crippen LogP contribution in [-0.2, 0) is 19.1 Å². The lowest BCUT2D eigenvalue weighted by Crippen LogP contribution is -2.33. The van der Waals surface area contributed by atoms with Crippen LogP contribution in [0.4, 0.5) is 0 Å². The van der Waals surface area contributed by atoms with Crippen LogP contribution in [0.5, 0.6) is 0 Å². The summed E-state index contributed by atoms with van der Waals surface area (Å²) in [5, 5.41) is 10.6. The van der Waals surface area contributed by atoms with Gasteiger partial charge in [0.2, 0.25) is 0 Å². The van der Waals surface area contributed by atoms with Gasteiger partial charge in [-0.2, -0.15) is 5.26 Å². The van der Waals surface area contributed by atoms with Crippen molar-refractivity contribution in [1.29, 1.82) is 5.26 Å². The molecule has 1 aliphatic rings. The molecule has 0 amide bonds. The number of esters is 2. The molecule has 1 aromatic carbocycles. The molecule has 136 valence electrons. The van der Waals surface area contributed by atoms with Crippen molar-refractivity contribution in [2.45, 2.75) is 12.8 Å². The van der Waals surface area contributed by atoms with Gasteiger partial charge in [0.25, 0.3) is 0 Å². The number of benzene rings is 1. The van der Waals surface area contributed by atoms with Crippen molar-refractivity contribution in [1.82, 2.24) is 0 Å². The van der Waals surface area contributed by atoms with Crippen LogP contribution in [0.1, 0.15) is 18.4 Å². The van der Waals surface area contributed by atoms with E-state index < -0.39 is 23.8 Å². The Morgan fingerprint density at radius 1 is 1.31 bits per heavy atom. The second-order valence-electron chi connectivity index (χ2n) is 5.45. The van der Waals surface area contributed by atoms with E-state index in [1.165, 1.54) is 14.2 Å². The molecule has 1 heterocycles. The minimum absolute atomic E-state index is 0.00588. The number of halogens is 1. The number of aliphatic imine (C=N–C) groups is 1. The molecule has 0 N–H and O–H groups in total. The van der Waals surface area contributed by atoms with Crippen LogP contribution in [0.15, 0.2) is 39.9 Å². The monoisotopic (exact) mass is 392 g/mol. The van der Waals surface area contributed by atoms with E-state index in [-0.39, 0.29) is 11.3 Å². The van der Waals surface area contributed by atoms with E-state index in [2.05, 4.69) is 15.8 Å². The minimum atomic E-state index is -0.767. The number of hydrogen-bond acceptors (Lipinski definition) is 7. The number of thioether (sulfide) groups is 1. The number of carbonyl (C=O) groups is 2. The lowest BCUT2D eigenvalue weighted by atomic mass is 9.77. The Bertz CT molecular complexity index is 829. The molecule has 0 radical (unpaired) electrons. The average Bonchev–Trinajstić information content (AvgIpc) is 2.65. The number of methoxy groups -OCH3 is 2. The van der Waals surface area contributed by atoms with Crippen LogP contribution >= 0.6 is 23.4 Å². The predicted molar refractivity (Wildman–Crippen MR) is 99.9 cm³/mol. The Balaban J connectivity index is 2.59. The van der Waals surface area contributed by atoms with Crippen molar-refractivity contribution in [3.8, 4) is 6.07 Å². The van der Waals surface area contributed by atoms with E-state index in [0.717, 1.165) is 11.8 Å². The van der Waals surface area contributed by atoms with Crippen LogP contribution in [0.25, 0.3) is 0 Å². The predicted octanol–water partition coefficient (Wildman–Crippen LogP) is 3.33. The molecule has 0 fully saturated rings. The van der Waals surface area contributed by atoms with E-state index in [4.69, 9.17) is 16.3 Å². The van der Waals surface area contributed by atoms with Gasteiger partial charge in [0.15, 0.2) is 0 Å². The Labute approximate surface area is 160 Å². The molecule has 1 aliphatic heterocycles.